The van der Waals surface area contributed by atoms with Gasteiger partial charge in [0.2, 0.25) is 0 Å². The molecular weight excluding hydrogens is 230 g/mol. The fourth-order valence-electron chi connectivity index (χ4n) is 2.31. The Morgan fingerprint density at radius 2 is 2.22 bits per heavy atom. The number of carbonyl (C=O) groups excluding carboxylic acids is 1. The Hall–Kier alpha value is -1.62. The number of aromatic nitrogens is 1. The molecule has 0 aliphatic heterocycles. The Morgan fingerprint density at radius 3 is 2.94 bits per heavy atom. The van der Waals surface area contributed by atoms with Gasteiger partial charge in [-0.25, -0.2) is 4.98 Å². The van der Waals surface area contributed by atoms with Crippen molar-refractivity contribution in [2.45, 2.75) is 37.8 Å². The van der Waals surface area contributed by atoms with Crippen molar-refractivity contribution in [3.8, 4) is 0 Å². The standard InChI is InChI=1S/C13H19N3O2/c1-14-12-9(5-4-8-15-12)13(18)16-10-6-2-3-7-11(10)17/h4-5,8,10-11,17H,2-3,6-7H2,1H3,(H,14,15)(H,16,18). The van der Waals surface area contributed by atoms with Crippen molar-refractivity contribution in [2.75, 3.05) is 12.4 Å². The summed E-state index contributed by atoms with van der Waals surface area (Å²) in [6, 6.07) is 3.31. The lowest BCUT2D eigenvalue weighted by Gasteiger charge is -2.28. The van der Waals surface area contributed by atoms with Gasteiger partial charge >= 0.3 is 0 Å². The van der Waals surface area contributed by atoms with Crippen LogP contribution < -0.4 is 10.6 Å². The largest absolute Gasteiger partial charge is 0.391 e. The van der Waals surface area contributed by atoms with Gasteiger partial charge in [0.15, 0.2) is 0 Å². The van der Waals surface area contributed by atoms with E-state index in [1.165, 1.54) is 0 Å². The van der Waals surface area contributed by atoms with E-state index in [-0.39, 0.29) is 11.9 Å². The summed E-state index contributed by atoms with van der Waals surface area (Å²) < 4.78 is 0. The number of carbonyl (C=O) groups is 1. The second-order valence-electron chi connectivity index (χ2n) is 4.58. The van der Waals surface area contributed by atoms with Crippen molar-refractivity contribution in [3.63, 3.8) is 0 Å². The molecule has 5 heteroatoms. The predicted molar refractivity (Wildman–Crippen MR) is 69.5 cm³/mol. The first-order valence-electron chi connectivity index (χ1n) is 6.34. The summed E-state index contributed by atoms with van der Waals surface area (Å²) in [5.74, 6) is 0.374. The summed E-state index contributed by atoms with van der Waals surface area (Å²) in [4.78, 5) is 16.2. The maximum atomic E-state index is 12.1. The third kappa shape index (κ3) is 2.79. The van der Waals surface area contributed by atoms with Gasteiger partial charge in [0.1, 0.15) is 5.82 Å². The van der Waals surface area contributed by atoms with Gasteiger partial charge in [-0.05, 0) is 25.0 Å². The summed E-state index contributed by atoms with van der Waals surface area (Å²) in [6.45, 7) is 0. The topological polar surface area (TPSA) is 74.2 Å². The van der Waals surface area contributed by atoms with Crippen molar-refractivity contribution in [1.29, 1.82) is 0 Å². The van der Waals surface area contributed by atoms with Gasteiger partial charge in [-0.15, -0.1) is 0 Å². The summed E-state index contributed by atoms with van der Waals surface area (Å²) >= 11 is 0. The minimum absolute atomic E-state index is 0.142. The summed E-state index contributed by atoms with van der Waals surface area (Å²) in [5.41, 5.74) is 0.512. The molecule has 2 unspecified atom stereocenters. The molecule has 0 radical (unpaired) electrons. The Balaban J connectivity index is 2.07. The quantitative estimate of drug-likeness (QED) is 0.751. The number of hydrogen-bond donors (Lipinski definition) is 3. The van der Waals surface area contributed by atoms with Crippen LogP contribution in [0, 0.1) is 0 Å². The number of nitrogens with zero attached hydrogens (tertiary/aromatic N) is 1. The van der Waals surface area contributed by atoms with Crippen molar-refractivity contribution >= 4 is 11.7 Å². The van der Waals surface area contributed by atoms with Gasteiger partial charge < -0.3 is 15.7 Å². The van der Waals surface area contributed by atoms with Crippen LogP contribution in [0.5, 0.6) is 0 Å². The molecule has 1 aliphatic rings. The molecule has 2 atom stereocenters. The fourth-order valence-corrected chi connectivity index (χ4v) is 2.31. The van der Waals surface area contributed by atoms with Crippen LogP contribution in [0.2, 0.25) is 0 Å². The van der Waals surface area contributed by atoms with E-state index in [9.17, 15) is 9.90 Å². The number of anilines is 1. The van der Waals surface area contributed by atoms with Gasteiger partial charge in [-0.2, -0.15) is 0 Å². The van der Waals surface area contributed by atoms with E-state index >= 15 is 0 Å². The first-order valence-corrected chi connectivity index (χ1v) is 6.34. The zero-order chi connectivity index (χ0) is 13.0. The SMILES string of the molecule is CNc1ncccc1C(=O)NC1CCCCC1O. The molecule has 18 heavy (non-hydrogen) atoms. The number of aliphatic hydroxyl groups is 1. The van der Waals surface area contributed by atoms with E-state index in [1.807, 2.05) is 0 Å². The Labute approximate surface area is 107 Å². The summed E-state index contributed by atoms with van der Waals surface area (Å²) in [7, 11) is 1.73. The van der Waals surface area contributed by atoms with E-state index < -0.39 is 6.10 Å². The highest BCUT2D eigenvalue weighted by Gasteiger charge is 2.25. The zero-order valence-electron chi connectivity index (χ0n) is 10.5. The summed E-state index contributed by atoms with van der Waals surface area (Å²) in [6.07, 6.45) is 4.88. The minimum Gasteiger partial charge on any atom is -0.391 e. The molecule has 3 N–H and O–H groups in total. The molecule has 1 aromatic rings. The number of nitrogens with one attached hydrogen (secondary N) is 2. The highest BCUT2D eigenvalue weighted by Crippen LogP contribution is 2.19. The summed E-state index contributed by atoms with van der Waals surface area (Å²) in [5, 5.41) is 15.6. The second kappa shape index (κ2) is 5.82. The molecule has 0 spiro atoms. The van der Waals surface area contributed by atoms with E-state index in [2.05, 4.69) is 15.6 Å². The Bertz CT molecular complexity index is 422. The average molecular weight is 249 g/mol. The van der Waals surface area contributed by atoms with Gasteiger partial charge in [0.25, 0.3) is 5.91 Å². The van der Waals surface area contributed by atoms with Crippen LogP contribution >= 0.6 is 0 Å². The van der Waals surface area contributed by atoms with Gasteiger partial charge in [0, 0.05) is 13.2 Å². The number of hydrogen-bond acceptors (Lipinski definition) is 4. The van der Waals surface area contributed by atoms with Crippen LogP contribution in [-0.2, 0) is 0 Å². The van der Waals surface area contributed by atoms with Crippen molar-refractivity contribution in [2.24, 2.45) is 0 Å². The fraction of sp³-hybridized carbons (Fsp3) is 0.538. The lowest BCUT2D eigenvalue weighted by atomic mass is 9.92. The van der Waals surface area contributed by atoms with Crippen LogP contribution in [0.25, 0.3) is 0 Å². The third-order valence-corrected chi connectivity index (χ3v) is 3.34. The second-order valence-corrected chi connectivity index (χ2v) is 4.58. The number of pyridine rings is 1. The maximum absolute atomic E-state index is 12.1. The molecular formula is C13H19N3O2. The monoisotopic (exact) mass is 249 g/mol. The Kier molecular flexibility index (Phi) is 4.15. The molecule has 0 aromatic carbocycles. The van der Waals surface area contributed by atoms with Crippen LogP contribution in [0.3, 0.4) is 0 Å². The Morgan fingerprint density at radius 1 is 1.44 bits per heavy atom. The van der Waals surface area contributed by atoms with Crippen LogP contribution in [0.1, 0.15) is 36.0 Å². The zero-order valence-corrected chi connectivity index (χ0v) is 10.5. The van der Waals surface area contributed by atoms with Crippen LogP contribution in [0.4, 0.5) is 5.82 Å². The van der Waals surface area contributed by atoms with Crippen molar-refractivity contribution in [1.82, 2.24) is 10.3 Å². The smallest absolute Gasteiger partial charge is 0.255 e. The predicted octanol–water partition coefficient (Wildman–Crippen LogP) is 1.16. The third-order valence-electron chi connectivity index (χ3n) is 3.34. The molecule has 0 saturated heterocycles. The van der Waals surface area contributed by atoms with Crippen LogP contribution in [0.15, 0.2) is 18.3 Å². The first-order chi connectivity index (χ1) is 8.72. The minimum atomic E-state index is -0.433. The number of rotatable bonds is 3. The van der Waals surface area contributed by atoms with Crippen molar-refractivity contribution in [3.05, 3.63) is 23.9 Å². The molecule has 1 aromatic heterocycles. The van der Waals surface area contributed by atoms with Crippen LogP contribution in [-0.4, -0.2) is 35.2 Å². The molecule has 5 nitrogen and oxygen atoms in total. The first kappa shape index (κ1) is 12.8. The van der Waals surface area contributed by atoms with E-state index in [1.54, 1.807) is 25.4 Å². The lowest BCUT2D eigenvalue weighted by molar-refractivity contribution is 0.0717. The number of aliphatic hydroxyl groups excluding tert-OH is 1. The van der Waals surface area contributed by atoms with E-state index in [4.69, 9.17) is 0 Å². The molecule has 1 amide bonds. The van der Waals surface area contributed by atoms with Gasteiger partial charge in [-0.3, -0.25) is 4.79 Å². The molecule has 2 rings (SSSR count). The molecule has 98 valence electrons. The molecule has 0 bridgehead atoms. The average Bonchev–Trinajstić information content (AvgIpc) is 2.41. The molecule has 1 fully saturated rings. The normalized spacial score (nSPS) is 23.4. The molecule has 1 aliphatic carbocycles. The van der Waals surface area contributed by atoms with Crippen molar-refractivity contribution < 1.29 is 9.90 Å². The molecule has 1 heterocycles. The van der Waals surface area contributed by atoms with E-state index in [0.29, 0.717) is 11.4 Å². The highest BCUT2D eigenvalue weighted by molar-refractivity contribution is 5.98. The van der Waals surface area contributed by atoms with Gasteiger partial charge in [0.05, 0.1) is 17.7 Å². The lowest BCUT2D eigenvalue weighted by Crippen LogP contribution is -2.45. The highest BCUT2D eigenvalue weighted by atomic mass is 16.3. The molecule has 1 saturated carbocycles. The number of amides is 1. The maximum Gasteiger partial charge on any atom is 0.255 e. The van der Waals surface area contributed by atoms with E-state index in [0.717, 1.165) is 25.7 Å². The van der Waals surface area contributed by atoms with Gasteiger partial charge in [-0.1, -0.05) is 12.8 Å².